The molecule has 0 aromatic rings. The zero-order valence-corrected chi connectivity index (χ0v) is 10.1. The van der Waals surface area contributed by atoms with Gasteiger partial charge in [0.1, 0.15) is 0 Å². The van der Waals surface area contributed by atoms with Crippen molar-refractivity contribution in [3.8, 4) is 0 Å². The van der Waals surface area contributed by atoms with Gasteiger partial charge < -0.3 is 5.11 Å². The van der Waals surface area contributed by atoms with Crippen LogP contribution >= 0.6 is 0 Å². The molecule has 0 aromatic carbocycles. The lowest BCUT2D eigenvalue weighted by atomic mass is 9.38. The van der Waals surface area contributed by atoms with E-state index in [0.717, 1.165) is 12.3 Å². The Labute approximate surface area is 92.6 Å². The van der Waals surface area contributed by atoms with Crippen LogP contribution in [0.5, 0.6) is 0 Å². The van der Waals surface area contributed by atoms with E-state index in [1.54, 1.807) is 0 Å². The third-order valence-corrected chi connectivity index (χ3v) is 6.18. The summed E-state index contributed by atoms with van der Waals surface area (Å²) in [5.41, 5.74) is -0.220. The summed E-state index contributed by atoms with van der Waals surface area (Å²) < 4.78 is 0. The van der Waals surface area contributed by atoms with E-state index in [1.807, 2.05) is 0 Å². The first kappa shape index (κ1) is 9.89. The molecule has 0 heterocycles. The SMILES string of the molecule is CC1(C)C2CCC3(C)C(C=CCC13O)C2. The van der Waals surface area contributed by atoms with Crippen molar-refractivity contribution in [1.29, 1.82) is 0 Å². The summed E-state index contributed by atoms with van der Waals surface area (Å²) in [5, 5.41) is 11.1. The molecule has 4 aliphatic carbocycles. The molecule has 0 amide bonds. The molecule has 84 valence electrons. The molecule has 4 bridgehead atoms. The van der Waals surface area contributed by atoms with Crippen LogP contribution in [0.1, 0.15) is 46.5 Å². The van der Waals surface area contributed by atoms with Gasteiger partial charge in [0.05, 0.1) is 5.60 Å². The smallest absolute Gasteiger partial charge is 0.0794 e. The number of aliphatic hydroxyl groups is 1. The molecule has 1 N–H and O–H groups in total. The van der Waals surface area contributed by atoms with Crippen LogP contribution in [-0.2, 0) is 0 Å². The number of hydrogen-bond donors (Lipinski definition) is 1. The number of fused-ring (bicyclic) bond motifs is 1. The van der Waals surface area contributed by atoms with Crippen LogP contribution in [0.15, 0.2) is 12.2 Å². The quantitative estimate of drug-likeness (QED) is 0.604. The highest BCUT2D eigenvalue weighted by atomic mass is 16.3. The predicted molar refractivity (Wildman–Crippen MR) is 61.4 cm³/mol. The lowest BCUT2D eigenvalue weighted by Gasteiger charge is -2.69. The Kier molecular flexibility index (Phi) is 1.65. The first-order valence-electron chi connectivity index (χ1n) is 6.31. The van der Waals surface area contributed by atoms with Gasteiger partial charge in [0, 0.05) is 5.41 Å². The van der Waals surface area contributed by atoms with Gasteiger partial charge in [0.15, 0.2) is 0 Å². The second-order valence-corrected chi connectivity index (χ2v) is 6.71. The van der Waals surface area contributed by atoms with Crippen LogP contribution in [0.4, 0.5) is 0 Å². The summed E-state index contributed by atoms with van der Waals surface area (Å²) in [6, 6.07) is 0. The molecular weight excluding hydrogens is 184 g/mol. The van der Waals surface area contributed by atoms with Gasteiger partial charge in [0.2, 0.25) is 0 Å². The molecule has 4 rings (SSSR count). The molecule has 0 radical (unpaired) electrons. The Morgan fingerprint density at radius 1 is 1.27 bits per heavy atom. The van der Waals surface area contributed by atoms with E-state index in [0.29, 0.717) is 5.92 Å². The monoisotopic (exact) mass is 206 g/mol. The topological polar surface area (TPSA) is 20.2 Å². The summed E-state index contributed by atoms with van der Waals surface area (Å²) in [6.45, 7) is 6.88. The van der Waals surface area contributed by atoms with Gasteiger partial charge in [-0.15, -0.1) is 0 Å². The van der Waals surface area contributed by atoms with Crippen molar-refractivity contribution in [2.75, 3.05) is 0 Å². The highest BCUT2D eigenvalue weighted by Crippen LogP contribution is 2.69. The average molecular weight is 206 g/mol. The minimum absolute atomic E-state index is 0.0985. The van der Waals surface area contributed by atoms with Crippen LogP contribution in [0.25, 0.3) is 0 Å². The maximum atomic E-state index is 11.1. The third-order valence-electron chi connectivity index (χ3n) is 6.18. The minimum Gasteiger partial charge on any atom is -0.388 e. The second-order valence-electron chi connectivity index (χ2n) is 6.71. The molecule has 15 heavy (non-hydrogen) atoms. The predicted octanol–water partition coefficient (Wildman–Crippen LogP) is 3.14. The fourth-order valence-electron chi connectivity index (χ4n) is 4.78. The van der Waals surface area contributed by atoms with Gasteiger partial charge >= 0.3 is 0 Å². The average Bonchev–Trinajstić information content (AvgIpc) is 2.16. The molecule has 4 aliphatic rings. The van der Waals surface area contributed by atoms with Crippen LogP contribution in [-0.4, -0.2) is 10.7 Å². The van der Waals surface area contributed by atoms with Gasteiger partial charge in [-0.25, -0.2) is 0 Å². The largest absolute Gasteiger partial charge is 0.388 e. The fraction of sp³-hybridized carbons (Fsp3) is 0.857. The standard InChI is InChI=1S/C14H22O/c1-12(2)10-6-8-13(3)11(9-10)5-4-7-14(12,13)15/h4-5,10-11,15H,6-9H2,1-3H3. The first-order chi connectivity index (χ1) is 6.92. The summed E-state index contributed by atoms with van der Waals surface area (Å²) >= 11 is 0. The van der Waals surface area contributed by atoms with Crippen LogP contribution in [0.2, 0.25) is 0 Å². The van der Waals surface area contributed by atoms with Gasteiger partial charge in [-0.05, 0) is 42.9 Å². The van der Waals surface area contributed by atoms with E-state index < -0.39 is 5.60 Å². The molecule has 4 atom stereocenters. The van der Waals surface area contributed by atoms with Crippen molar-refractivity contribution in [1.82, 2.24) is 0 Å². The van der Waals surface area contributed by atoms with Crippen molar-refractivity contribution in [2.24, 2.45) is 22.7 Å². The summed E-state index contributed by atoms with van der Waals surface area (Å²) in [7, 11) is 0. The molecule has 0 spiro atoms. The Morgan fingerprint density at radius 2 is 2.00 bits per heavy atom. The molecule has 3 fully saturated rings. The zero-order valence-electron chi connectivity index (χ0n) is 10.1. The Balaban J connectivity index is 2.19. The molecule has 1 heteroatoms. The number of hydrogen-bond acceptors (Lipinski definition) is 1. The summed E-state index contributed by atoms with van der Waals surface area (Å²) in [5.74, 6) is 1.35. The van der Waals surface area contributed by atoms with E-state index in [2.05, 4.69) is 32.9 Å². The fourth-order valence-corrected chi connectivity index (χ4v) is 4.78. The van der Waals surface area contributed by atoms with Crippen LogP contribution in [0, 0.1) is 22.7 Å². The normalized spacial score (nSPS) is 55.7. The van der Waals surface area contributed by atoms with Crippen molar-refractivity contribution in [3.05, 3.63) is 12.2 Å². The number of allylic oxidation sites excluding steroid dienone is 1. The van der Waals surface area contributed by atoms with Gasteiger partial charge in [-0.2, -0.15) is 0 Å². The second kappa shape index (κ2) is 2.51. The van der Waals surface area contributed by atoms with Crippen molar-refractivity contribution < 1.29 is 5.11 Å². The van der Waals surface area contributed by atoms with Crippen LogP contribution < -0.4 is 0 Å². The van der Waals surface area contributed by atoms with E-state index in [-0.39, 0.29) is 10.8 Å². The highest BCUT2D eigenvalue weighted by molar-refractivity contribution is 5.24. The minimum atomic E-state index is -0.458. The van der Waals surface area contributed by atoms with Gasteiger partial charge in [0.25, 0.3) is 0 Å². The molecule has 4 unspecified atom stereocenters. The lowest BCUT2D eigenvalue weighted by molar-refractivity contribution is -0.257. The summed E-state index contributed by atoms with van der Waals surface area (Å²) in [6.07, 6.45) is 9.28. The zero-order chi connectivity index (χ0) is 10.9. The molecule has 0 aliphatic heterocycles. The first-order valence-corrected chi connectivity index (χ1v) is 6.31. The molecule has 0 aromatic heterocycles. The van der Waals surface area contributed by atoms with E-state index >= 15 is 0 Å². The Morgan fingerprint density at radius 3 is 2.67 bits per heavy atom. The van der Waals surface area contributed by atoms with Gasteiger partial charge in [-0.1, -0.05) is 32.9 Å². The van der Waals surface area contributed by atoms with E-state index in [9.17, 15) is 5.11 Å². The van der Waals surface area contributed by atoms with Crippen molar-refractivity contribution in [2.45, 2.75) is 52.1 Å². The number of rotatable bonds is 0. The van der Waals surface area contributed by atoms with E-state index in [4.69, 9.17) is 0 Å². The maximum Gasteiger partial charge on any atom is 0.0794 e. The van der Waals surface area contributed by atoms with Crippen molar-refractivity contribution in [3.63, 3.8) is 0 Å². The molecular formula is C14H22O. The Hall–Kier alpha value is -0.300. The third kappa shape index (κ3) is 0.860. The molecule has 1 nitrogen and oxygen atoms in total. The van der Waals surface area contributed by atoms with Gasteiger partial charge in [-0.3, -0.25) is 0 Å². The molecule has 0 saturated heterocycles. The van der Waals surface area contributed by atoms with Crippen molar-refractivity contribution >= 4 is 0 Å². The highest BCUT2D eigenvalue weighted by Gasteiger charge is 2.67. The lowest BCUT2D eigenvalue weighted by Crippen LogP contribution is -2.69. The Bertz CT molecular complexity index is 330. The van der Waals surface area contributed by atoms with E-state index in [1.165, 1.54) is 19.3 Å². The van der Waals surface area contributed by atoms with Crippen LogP contribution in [0.3, 0.4) is 0 Å². The molecule has 3 saturated carbocycles. The maximum absolute atomic E-state index is 11.1. The summed E-state index contributed by atoms with van der Waals surface area (Å²) in [4.78, 5) is 0.